The predicted molar refractivity (Wildman–Crippen MR) is 108 cm³/mol. The molecule has 1 amide bonds. The minimum absolute atomic E-state index is 0.0882. The van der Waals surface area contributed by atoms with Crippen LogP contribution < -0.4 is 10.2 Å². The highest BCUT2D eigenvalue weighted by Gasteiger charge is 2.44. The smallest absolute Gasteiger partial charge is 0.223 e. The number of fused-ring (bicyclic) bond motifs is 1. The molecule has 0 bridgehead atoms. The second-order valence-corrected chi connectivity index (χ2v) is 9.28. The topological polar surface area (TPSA) is 76.6 Å². The number of anilines is 1. The summed E-state index contributed by atoms with van der Waals surface area (Å²) in [6.07, 6.45) is 11.7. The Morgan fingerprint density at radius 1 is 1.14 bits per heavy atom. The molecule has 2 aliphatic heterocycles. The second kappa shape index (κ2) is 8.56. The van der Waals surface area contributed by atoms with Crippen molar-refractivity contribution in [2.75, 3.05) is 37.8 Å². The largest absolute Gasteiger partial charge is 0.381 e. The van der Waals surface area contributed by atoms with E-state index in [0.29, 0.717) is 25.0 Å². The number of nitrogens with one attached hydrogen (secondary N) is 1. The van der Waals surface area contributed by atoms with E-state index < -0.39 is 0 Å². The Kier molecular flexibility index (Phi) is 5.68. The molecular weight excluding hydrogens is 368 g/mol. The van der Waals surface area contributed by atoms with Gasteiger partial charge in [0.05, 0.1) is 18.3 Å². The van der Waals surface area contributed by atoms with Gasteiger partial charge in [-0.3, -0.25) is 9.78 Å². The molecule has 2 saturated heterocycles. The lowest BCUT2D eigenvalue weighted by atomic mass is 9.77. The van der Waals surface area contributed by atoms with Crippen LogP contribution in [0.25, 0.3) is 0 Å². The summed E-state index contributed by atoms with van der Waals surface area (Å²) >= 11 is 0. The number of ether oxygens (including phenoxy) is 2. The lowest BCUT2D eigenvalue weighted by molar-refractivity contribution is -0.131. The van der Waals surface area contributed by atoms with Crippen LogP contribution in [0.15, 0.2) is 18.6 Å². The molecule has 0 unspecified atom stereocenters. The Bertz CT molecular complexity index is 693. The van der Waals surface area contributed by atoms with Crippen LogP contribution in [0.2, 0.25) is 0 Å². The first-order chi connectivity index (χ1) is 14.3. The number of hydrogen-bond acceptors (Lipinski definition) is 6. The maximum atomic E-state index is 12.9. The summed E-state index contributed by atoms with van der Waals surface area (Å²) in [5.74, 6) is 3.14. The van der Waals surface area contributed by atoms with Gasteiger partial charge in [-0.1, -0.05) is 0 Å². The van der Waals surface area contributed by atoms with Gasteiger partial charge in [-0.05, 0) is 56.3 Å². The highest BCUT2D eigenvalue weighted by atomic mass is 16.5. The van der Waals surface area contributed by atoms with Crippen molar-refractivity contribution in [1.82, 2.24) is 15.3 Å². The van der Waals surface area contributed by atoms with E-state index in [1.165, 1.54) is 12.8 Å². The van der Waals surface area contributed by atoms with Crippen molar-refractivity contribution in [1.29, 1.82) is 0 Å². The third-order valence-corrected chi connectivity index (χ3v) is 7.15. The van der Waals surface area contributed by atoms with E-state index in [1.807, 2.05) is 6.20 Å². The molecule has 7 heteroatoms. The summed E-state index contributed by atoms with van der Waals surface area (Å²) in [6, 6.07) is 0.118. The molecule has 0 spiro atoms. The molecule has 4 atom stereocenters. The summed E-state index contributed by atoms with van der Waals surface area (Å²) in [6.45, 7) is 4.24. The van der Waals surface area contributed by atoms with Gasteiger partial charge in [-0.25, -0.2) is 4.98 Å². The molecule has 0 radical (unpaired) electrons. The number of carbonyl (C=O) groups is 1. The lowest BCUT2D eigenvalue weighted by Gasteiger charge is -2.39. The molecule has 1 N–H and O–H groups in total. The molecule has 1 aromatic rings. The Hall–Kier alpha value is -1.73. The average molecular weight is 401 g/mol. The van der Waals surface area contributed by atoms with Gasteiger partial charge in [0.2, 0.25) is 5.91 Å². The monoisotopic (exact) mass is 400 g/mol. The van der Waals surface area contributed by atoms with E-state index >= 15 is 0 Å². The van der Waals surface area contributed by atoms with Crippen molar-refractivity contribution in [3.63, 3.8) is 0 Å². The Morgan fingerprint density at radius 3 is 2.66 bits per heavy atom. The van der Waals surface area contributed by atoms with Gasteiger partial charge in [0.1, 0.15) is 5.82 Å². The molecule has 158 valence electrons. The van der Waals surface area contributed by atoms with E-state index in [1.54, 1.807) is 12.4 Å². The molecule has 29 heavy (non-hydrogen) atoms. The van der Waals surface area contributed by atoms with Crippen LogP contribution in [0.1, 0.15) is 38.5 Å². The normalized spacial score (nSPS) is 32.8. The molecule has 7 nitrogen and oxygen atoms in total. The first kappa shape index (κ1) is 19.2. The van der Waals surface area contributed by atoms with Gasteiger partial charge < -0.3 is 19.7 Å². The molecule has 0 aromatic carbocycles. The molecule has 5 rings (SSSR count). The zero-order chi connectivity index (χ0) is 19.6. The van der Waals surface area contributed by atoms with Crippen molar-refractivity contribution in [2.45, 2.75) is 50.7 Å². The van der Waals surface area contributed by atoms with Gasteiger partial charge in [0.15, 0.2) is 0 Å². The van der Waals surface area contributed by atoms with E-state index in [9.17, 15) is 4.79 Å². The van der Waals surface area contributed by atoms with E-state index in [2.05, 4.69) is 20.2 Å². The number of hydrogen-bond donors (Lipinski definition) is 1. The Labute approximate surface area is 172 Å². The highest BCUT2D eigenvalue weighted by Crippen LogP contribution is 2.40. The van der Waals surface area contributed by atoms with Gasteiger partial charge in [-0.15, -0.1) is 0 Å². The van der Waals surface area contributed by atoms with Crippen LogP contribution in [0.5, 0.6) is 0 Å². The Balaban J connectivity index is 1.25. The number of carbonyl (C=O) groups excluding carboxylic acids is 1. The lowest BCUT2D eigenvalue weighted by Crippen LogP contribution is -2.52. The fraction of sp³-hybridized carbons (Fsp3) is 0.773. The van der Waals surface area contributed by atoms with Crippen LogP contribution in [0.4, 0.5) is 5.82 Å². The van der Waals surface area contributed by atoms with Crippen molar-refractivity contribution >= 4 is 11.7 Å². The molecular formula is C22H32N4O3. The molecule has 4 fully saturated rings. The number of rotatable bonds is 6. The van der Waals surface area contributed by atoms with E-state index in [4.69, 9.17) is 9.47 Å². The van der Waals surface area contributed by atoms with Crippen molar-refractivity contribution in [3.05, 3.63) is 18.6 Å². The quantitative estimate of drug-likeness (QED) is 0.787. The maximum absolute atomic E-state index is 12.9. The fourth-order valence-corrected chi connectivity index (χ4v) is 5.20. The average Bonchev–Trinajstić information content (AvgIpc) is 3.51. The van der Waals surface area contributed by atoms with E-state index in [-0.39, 0.29) is 24.0 Å². The SMILES string of the molecule is O=C(N[C@H]1C[C@H]2CN(c3cnccn3)C[C@H]2C[C@@H]1OCC1CC1)C1CCOCC1. The van der Waals surface area contributed by atoms with Crippen LogP contribution in [-0.2, 0) is 14.3 Å². The first-order valence-electron chi connectivity index (χ1n) is 11.3. The second-order valence-electron chi connectivity index (χ2n) is 9.28. The summed E-state index contributed by atoms with van der Waals surface area (Å²) in [7, 11) is 0. The van der Waals surface area contributed by atoms with Crippen LogP contribution >= 0.6 is 0 Å². The number of aromatic nitrogens is 2. The van der Waals surface area contributed by atoms with Crippen LogP contribution in [0, 0.1) is 23.7 Å². The van der Waals surface area contributed by atoms with Gasteiger partial charge in [-0.2, -0.15) is 0 Å². The summed E-state index contributed by atoms with van der Waals surface area (Å²) in [4.78, 5) is 24.0. The minimum Gasteiger partial charge on any atom is -0.381 e. The first-order valence-corrected chi connectivity index (χ1v) is 11.3. The van der Waals surface area contributed by atoms with Crippen LogP contribution in [0.3, 0.4) is 0 Å². The zero-order valence-electron chi connectivity index (χ0n) is 17.0. The minimum atomic E-state index is 0.0882. The predicted octanol–water partition coefficient (Wildman–Crippen LogP) is 2.03. The third kappa shape index (κ3) is 4.56. The molecule has 3 heterocycles. The molecule has 4 aliphatic rings. The van der Waals surface area contributed by atoms with Crippen molar-refractivity contribution < 1.29 is 14.3 Å². The van der Waals surface area contributed by atoms with Crippen molar-refractivity contribution in [3.8, 4) is 0 Å². The standard InChI is InChI=1S/C22H32N4O3/c27-22(16-3-7-28-8-4-16)25-19-9-17-12-26(21-11-23-5-6-24-21)13-18(17)10-20(19)29-14-15-1-2-15/h5-6,11,15-20H,1-4,7-10,12-14H2,(H,25,27)/t17-,18+,19-,20-/m0/s1. The molecule has 2 aliphatic carbocycles. The maximum Gasteiger partial charge on any atom is 0.223 e. The van der Waals surface area contributed by atoms with Crippen molar-refractivity contribution in [2.24, 2.45) is 23.7 Å². The van der Waals surface area contributed by atoms with Gasteiger partial charge >= 0.3 is 0 Å². The zero-order valence-corrected chi connectivity index (χ0v) is 17.0. The third-order valence-electron chi connectivity index (χ3n) is 7.15. The fourth-order valence-electron chi connectivity index (χ4n) is 5.20. The summed E-state index contributed by atoms with van der Waals surface area (Å²) in [5.41, 5.74) is 0. The summed E-state index contributed by atoms with van der Waals surface area (Å²) in [5, 5.41) is 3.38. The number of amides is 1. The van der Waals surface area contributed by atoms with Gasteiger partial charge in [0.25, 0.3) is 0 Å². The van der Waals surface area contributed by atoms with Gasteiger partial charge in [0, 0.05) is 51.2 Å². The molecule has 1 aromatic heterocycles. The van der Waals surface area contributed by atoms with E-state index in [0.717, 1.165) is 57.1 Å². The number of nitrogens with zero attached hydrogens (tertiary/aromatic N) is 3. The highest BCUT2D eigenvalue weighted by molar-refractivity contribution is 5.79. The molecule has 2 saturated carbocycles. The Morgan fingerprint density at radius 2 is 1.93 bits per heavy atom. The summed E-state index contributed by atoms with van der Waals surface area (Å²) < 4.78 is 11.8. The van der Waals surface area contributed by atoms with Crippen LogP contribution in [-0.4, -0.2) is 60.9 Å².